The van der Waals surface area contributed by atoms with E-state index in [-0.39, 0.29) is 5.41 Å². The van der Waals surface area contributed by atoms with Crippen molar-refractivity contribution in [3.63, 3.8) is 0 Å². The molecule has 0 unspecified atom stereocenters. The lowest BCUT2D eigenvalue weighted by Crippen LogP contribution is -2.41. The first-order valence-corrected chi connectivity index (χ1v) is 7.99. The fourth-order valence-electron chi connectivity index (χ4n) is 3.59. The first kappa shape index (κ1) is 15.9. The van der Waals surface area contributed by atoms with Gasteiger partial charge in [0.05, 0.1) is 18.6 Å². The van der Waals surface area contributed by atoms with Crippen molar-refractivity contribution in [3.8, 4) is 11.8 Å². The lowest BCUT2D eigenvalue weighted by molar-refractivity contribution is 0.149. The third-order valence-corrected chi connectivity index (χ3v) is 4.97. The highest BCUT2D eigenvalue weighted by Gasteiger charge is 2.38. The summed E-state index contributed by atoms with van der Waals surface area (Å²) in [5.74, 6) is 0.841. The van der Waals surface area contributed by atoms with Crippen LogP contribution in [0.5, 0.6) is 5.75 Å². The zero-order valence-corrected chi connectivity index (χ0v) is 13.4. The zero-order valence-electron chi connectivity index (χ0n) is 13.4. The maximum atomic E-state index is 9.79. The molecule has 0 saturated heterocycles. The number of hydrogen-bond donors (Lipinski definition) is 0. The number of nitriles is 1. The van der Waals surface area contributed by atoms with Crippen LogP contribution in [0.2, 0.25) is 0 Å². The van der Waals surface area contributed by atoms with E-state index in [1.54, 1.807) is 7.11 Å². The third-order valence-electron chi connectivity index (χ3n) is 4.97. The highest BCUT2D eigenvalue weighted by molar-refractivity contribution is 5.38. The van der Waals surface area contributed by atoms with Gasteiger partial charge in [0.1, 0.15) is 5.75 Å². The van der Waals surface area contributed by atoms with E-state index in [1.807, 2.05) is 18.2 Å². The Bertz CT molecular complexity index is 494. The summed E-state index contributed by atoms with van der Waals surface area (Å²) in [4.78, 5) is 2.52. The highest BCUT2D eigenvalue weighted by atomic mass is 16.5. The third kappa shape index (κ3) is 3.22. The Morgan fingerprint density at radius 3 is 2.48 bits per heavy atom. The van der Waals surface area contributed by atoms with Crippen molar-refractivity contribution in [2.45, 2.75) is 51.0 Å². The molecule has 0 heterocycles. The molecule has 1 aliphatic rings. The van der Waals surface area contributed by atoms with Crippen LogP contribution in [-0.2, 0) is 5.41 Å². The minimum atomic E-state index is -0.335. The summed E-state index contributed by atoms with van der Waals surface area (Å²) in [7, 11) is 1.68. The summed E-state index contributed by atoms with van der Waals surface area (Å²) in [6.07, 6.45) is 4.09. The number of benzene rings is 1. The van der Waals surface area contributed by atoms with Gasteiger partial charge in [0.15, 0.2) is 0 Å². The number of hydrogen-bond acceptors (Lipinski definition) is 3. The Labute approximate surface area is 128 Å². The van der Waals surface area contributed by atoms with Gasteiger partial charge in [-0.15, -0.1) is 0 Å². The molecule has 21 heavy (non-hydrogen) atoms. The quantitative estimate of drug-likeness (QED) is 0.827. The van der Waals surface area contributed by atoms with Crippen LogP contribution in [0, 0.1) is 11.3 Å². The van der Waals surface area contributed by atoms with Crippen LogP contribution in [0.25, 0.3) is 0 Å². The second kappa shape index (κ2) is 6.95. The lowest BCUT2D eigenvalue weighted by Gasteiger charge is -2.40. The Balaban J connectivity index is 2.16. The molecule has 1 aromatic rings. The smallest absolute Gasteiger partial charge is 0.119 e. The molecule has 0 aliphatic heterocycles. The van der Waals surface area contributed by atoms with Gasteiger partial charge in [0.2, 0.25) is 0 Å². The normalized spacial score (nSPS) is 25.6. The van der Waals surface area contributed by atoms with Crippen LogP contribution in [0.1, 0.15) is 45.1 Å². The van der Waals surface area contributed by atoms with E-state index in [0.717, 1.165) is 50.1 Å². The van der Waals surface area contributed by atoms with Crippen molar-refractivity contribution in [1.82, 2.24) is 4.90 Å². The summed E-state index contributed by atoms with van der Waals surface area (Å²) in [6, 6.07) is 11.3. The van der Waals surface area contributed by atoms with Gasteiger partial charge in [-0.25, -0.2) is 0 Å². The monoisotopic (exact) mass is 286 g/mol. The van der Waals surface area contributed by atoms with Crippen LogP contribution in [0.3, 0.4) is 0 Å². The number of nitrogens with zero attached hydrogens (tertiary/aromatic N) is 2. The second-order valence-electron chi connectivity index (χ2n) is 5.88. The van der Waals surface area contributed by atoms with Gasteiger partial charge in [0.25, 0.3) is 0 Å². The molecule has 1 aromatic carbocycles. The average molecular weight is 286 g/mol. The molecule has 3 heteroatoms. The number of rotatable bonds is 5. The van der Waals surface area contributed by atoms with Gasteiger partial charge < -0.3 is 9.64 Å². The predicted molar refractivity (Wildman–Crippen MR) is 85.5 cm³/mol. The van der Waals surface area contributed by atoms with Gasteiger partial charge in [-0.3, -0.25) is 0 Å². The number of methoxy groups -OCH3 is 1. The minimum absolute atomic E-state index is 0.335. The first-order valence-electron chi connectivity index (χ1n) is 7.99. The molecular formula is C18H26N2O. The molecule has 0 spiro atoms. The summed E-state index contributed by atoms with van der Waals surface area (Å²) in [5.41, 5.74) is 0.778. The van der Waals surface area contributed by atoms with Crippen molar-refractivity contribution >= 4 is 0 Å². The SMILES string of the molecule is CCN(CC)C1CCC(C#N)(c2cccc(OC)c2)CC1. The van der Waals surface area contributed by atoms with Crippen molar-refractivity contribution in [2.24, 2.45) is 0 Å². The maximum Gasteiger partial charge on any atom is 0.119 e. The van der Waals surface area contributed by atoms with E-state index < -0.39 is 0 Å². The van der Waals surface area contributed by atoms with Gasteiger partial charge >= 0.3 is 0 Å². The van der Waals surface area contributed by atoms with Crippen molar-refractivity contribution in [2.75, 3.05) is 20.2 Å². The predicted octanol–water partition coefficient (Wildman–Crippen LogP) is 3.74. The van der Waals surface area contributed by atoms with Gasteiger partial charge in [0, 0.05) is 6.04 Å². The van der Waals surface area contributed by atoms with Crippen molar-refractivity contribution < 1.29 is 4.74 Å². The van der Waals surface area contributed by atoms with E-state index in [0.29, 0.717) is 6.04 Å². The summed E-state index contributed by atoms with van der Waals surface area (Å²) in [6.45, 7) is 6.63. The Hall–Kier alpha value is -1.53. The fourth-order valence-corrected chi connectivity index (χ4v) is 3.59. The van der Waals surface area contributed by atoms with E-state index in [4.69, 9.17) is 4.74 Å². The Morgan fingerprint density at radius 1 is 1.29 bits per heavy atom. The van der Waals surface area contributed by atoms with E-state index in [1.165, 1.54) is 0 Å². The Kier molecular flexibility index (Phi) is 5.25. The molecule has 0 radical (unpaired) electrons. The summed E-state index contributed by atoms with van der Waals surface area (Å²) in [5, 5.41) is 9.79. The van der Waals surface area contributed by atoms with Gasteiger partial charge in [-0.2, -0.15) is 5.26 Å². The molecule has 0 bridgehead atoms. The molecule has 1 aliphatic carbocycles. The van der Waals surface area contributed by atoms with Crippen LogP contribution in [-0.4, -0.2) is 31.1 Å². The molecule has 0 atom stereocenters. The maximum absolute atomic E-state index is 9.79. The van der Waals surface area contributed by atoms with Crippen LogP contribution in [0.4, 0.5) is 0 Å². The zero-order chi connectivity index (χ0) is 15.3. The van der Waals surface area contributed by atoms with Crippen LogP contribution in [0.15, 0.2) is 24.3 Å². The van der Waals surface area contributed by atoms with Crippen molar-refractivity contribution in [1.29, 1.82) is 5.26 Å². The highest BCUT2D eigenvalue weighted by Crippen LogP contribution is 2.41. The van der Waals surface area contributed by atoms with E-state index >= 15 is 0 Å². The standard InChI is InChI=1S/C18H26N2O/c1-4-20(5-2)16-9-11-18(14-19,12-10-16)15-7-6-8-17(13-15)21-3/h6-8,13,16H,4-5,9-12H2,1-3H3. The van der Waals surface area contributed by atoms with Crippen molar-refractivity contribution in [3.05, 3.63) is 29.8 Å². The largest absolute Gasteiger partial charge is 0.497 e. The lowest BCUT2D eigenvalue weighted by atomic mass is 9.69. The molecule has 3 nitrogen and oxygen atoms in total. The number of ether oxygens (including phenoxy) is 1. The molecule has 1 fully saturated rings. The van der Waals surface area contributed by atoms with Gasteiger partial charge in [-0.1, -0.05) is 26.0 Å². The molecule has 0 N–H and O–H groups in total. The molecule has 0 amide bonds. The molecule has 1 saturated carbocycles. The summed E-state index contributed by atoms with van der Waals surface area (Å²) < 4.78 is 5.31. The molecule has 0 aromatic heterocycles. The topological polar surface area (TPSA) is 36.3 Å². The fraction of sp³-hybridized carbons (Fsp3) is 0.611. The van der Waals surface area contributed by atoms with Crippen LogP contribution < -0.4 is 4.74 Å². The second-order valence-corrected chi connectivity index (χ2v) is 5.88. The molecular weight excluding hydrogens is 260 g/mol. The Morgan fingerprint density at radius 2 is 1.95 bits per heavy atom. The van der Waals surface area contributed by atoms with Gasteiger partial charge in [-0.05, 0) is 56.5 Å². The minimum Gasteiger partial charge on any atom is -0.497 e. The van der Waals surface area contributed by atoms with E-state index in [9.17, 15) is 5.26 Å². The van der Waals surface area contributed by atoms with Crippen LogP contribution >= 0.6 is 0 Å². The summed E-state index contributed by atoms with van der Waals surface area (Å²) >= 11 is 0. The molecule has 114 valence electrons. The first-order chi connectivity index (χ1) is 10.2. The van der Waals surface area contributed by atoms with E-state index in [2.05, 4.69) is 30.9 Å². The average Bonchev–Trinajstić information content (AvgIpc) is 2.57. The molecule has 2 rings (SSSR count).